The zero-order valence-electron chi connectivity index (χ0n) is 14.1. The Balaban J connectivity index is 2.74. The molecule has 0 aliphatic rings. The summed E-state index contributed by atoms with van der Waals surface area (Å²) in [5, 5.41) is 14.3. The van der Waals surface area contributed by atoms with E-state index >= 15 is 8.78 Å². The van der Waals surface area contributed by atoms with Gasteiger partial charge in [0.1, 0.15) is 24.3 Å². The lowest BCUT2D eigenvalue weighted by molar-refractivity contribution is -0.166. The number of ether oxygens (including phenoxy) is 1. The van der Waals surface area contributed by atoms with Crippen LogP contribution in [0.5, 0.6) is 0 Å². The summed E-state index contributed by atoms with van der Waals surface area (Å²) in [6.07, 6.45) is 0.111. The topological polar surface area (TPSA) is 111 Å². The SMILES string of the molecule is CC(=O)OCCC(F)(F)C(O)(C(n1cncn1)=S(=O)=O)c1ccc(F)cc1F. The summed E-state index contributed by atoms with van der Waals surface area (Å²) in [7, 11) is -3.55. The Morgan fingerprint density at radius 3 is 2.50 bits per heavy atom. The zero-order valence-corrected chi connectivity index (χ0v) is 15.0. The van der Waals surface area contributed by atoms with Crippen LogP contribution in [0.25, 0.3) is 0 Å². The first-order valence-electron chi connectivity index (χ1n) is 7.51. The van der Waals surface area contributed by atoms with Crippen molar-refractivity contribution in [3.63, 3.8) is 0 Å². The molecule has 8 nitrogen and oxygen atoms in total. The van der Waals surface area contributed by atoms with E-state index < -0.39 is 63.0 Å². The molecule has 28 heavy (non-hydrogen) atoms. The number of aromatic nitrogens is 3. The molecule has 0 fully saturated rings. The minimum Gasteiger partial charge on any atom is -0.466 e. The first-order valence-corrected chi connectivity index (χ1v) is 8.59. The molecule has 1 aromatic heterocycles. The van der Waals surface area contributed by atoms with Gasteiger partial charge in [-0.25, -0.2) is 27.2 Å². The van der Waals surface area contributed by atoms with Gasteiger partial charge in [0.2, 0.25) is 20.9 Å². The number of nitrogens with zero attached hydrogens (tertiary/aromatic N) is 3. The molecule has 0 saturated heterocycles. The van der Waals surface area contributed by atoms with Gasteiger partial charge in [-0.1, -0.05) is 0 Å². The molecule has 1 unspecified atom stereocenters. The Hall–Kier alpha value is -2.80. The first kappa shape index (κ1) is 21.5. The molecule has 13 heteroatoms. The normalized spacial score (nSPS) is 13.6. The van der Waals surface area contributed by atoms with Crippen molar-refractivity contribution in [2.45, 2.75) is 24.9 Å². The molecule has 1 heterocycles. The second kappa shape index (κ2) is 8.06. The van der Waals surface area contributed by atoms with Crippen LogP contribution in [0.1, 0.15) is 18.9 Å². The molecule has 1 N–H and O–H groups in total. The molecule has 1 aromatic carbocycles. The van der Waals surface area contributed by atoms with E-state index in [4.69, 9.17) is 0 Å². The fourth-order valence-electron chi connectivity index (χ4n) is 2.43. The lowest BCUT2D eigenvalue weighted by Crippen LogP contribution is -2.55. The second-order valence-electron chi connectivity index (χ2n) is 5.51. The van der Waals surface area contributed by atoms with Crippen LogP contribution in [-0.2, 0) is 25.4 Å². The molecule has 0 bridgehead atoms. The van der Waals surface area contributed by atoms with Crippen molar-refractivity contribution in [3.8, 4) is 0 Å². The van der Waals surface area contributed by atoms with E-state index in [0.29, 0.717) is 23.1 Å². The standard InChI is InChI=1S/C15H13F4N3O5S/c1-9(23)27-5-4-14(18,19)15(24,11-3-2-10(16)6-12(11)17)13(28(25)26)22-8-20-7-21-22/h2-3,6-8,24H,4-5H2,1H3. The van der Waals surface area contributed by atoms with E-state index in [-0.39, 0.29) is 6.07 Å². The third-order valence-corrected chi connectivity index (χ3v) is 4.46. The fraction of sp³-hybridized carbons (Fsp3) is 0.333. The van der Waals surface area contributed by atoms with E-state index in [2.05, 4.69) is 14.8 Å². The van der Waals surface area contributed by atoms with Gasteiger partial charge in [0.15, 0.2) is 0 Å². The van der Waals surface area contributed by atoms with Gasteiger partial charge in [0, 0.05) is 25.0 Å². The van der Waals surface area contributed by atoms with Gasteiger partial charge in [-0.05, 0) is 12.1 Å². The number of carbonyl (C=O) groups is 1. The Morgan fingerprint density at radius 2 is 2.00 bits per heavy atom. The van der Waals surface area contributed by atoms with Crippen molar-refractivity contribution in [3.05, 3.63) is 48.1 Å². The highest BCUT2D eigenvalue weighted by Gasteiger charge is 2.60. The van der Waals surface area contributed by atoms with Gasteiger partial charge >= 0.3 is 5.97 Å². The molecule has 152 valence electrons. The number of aliphatic hydroxyl groups is 1. The third kappa shape index (κ3) is 4.04. The smallest absolute Gasteiger partial charge is 0.302 e. The number of halogens is 4. The van der Waals surface area contributed by atoms with Crippen molar-refractivity contribution in [1.29, 1.82) is 0 Å². The van der Waals surface area contributed by atoms with Crippen LogP contribution >= 0.6 is 0 Å². The van der Waals surface area contributed by atoms with Gasteiger partial charge < -0.3 is 9.84 Å². The maximum Gasteiger partial charge on any atom is 0.302 e. The quantitative estimate of drug-likeness (QED) is 0.417. The Bertz CT molecular complexity index is 1000. The molecule has 0 aliphatic carbocycles. The van der Waals surface area contributed by atoms with Crippen molar-refractivity contribution < 1.29 is 40.6 Å². The number of esters is 1. The van der Waals surface area contributed by atoms with Crippen LogP contribution in [0.4, 0.5) is 17.6 Å². The van der Waals surface area contributed by atoms with Crippen LogP contribution in [-0.4, -0.2) is 51.8 Å². The van der Waals surface area contributed by atoms with Crippen molar-refractivity contribution in [1.82, 2.24) is 14.8 Å². The fourth-order valence-corrected chi connectivity index (χ4v) is 3.18. The first-order chi connectivity index (χ1) is 13.0. The van der Waals surface area contributed by atoms with Crippen LogP contribution in [0, 0.1) is 11.6 Å². The summed E-state index contributed by atoms with van der Waals surface area (Å²) >= 11 is 0. The van der Waals surface area contributed by atoms with Gasteiger partial charge in [-0.3, -0.25) is 4.79 Å². The summed E-state index contributed by atoms with van der Waals surface area (Å²) in [4.78, 5) is 12.8. The number of carbonyl (C=O) groups excluding carboxylic acids is 1. The highest BCUT2D eigenvalue weighted by molar-refractivity contribution is 7.73. The number of hydrogen-bond donors (Lipinski definition) is 1. The van der Waals surface area contributed by atoms with Gasteiger partial charge in [-0.2, -0.15) is 13.5 Å². The molecular formula is C15H13F4N3O5S. The van der Waals surface area contributed by atoms with Crippen LogP contribution in [0.3, 0.4) is 0 Å². The summed E-state index contributed by atoms with van der Waals surface area (Å²) < 4.78 is 85.8. The Labute approximate surface area is 156 Å². The molecule has 0 radical (unpaired) electrons. The predicted molar refractivity (Wildman–Crippen MR) is 85.8 cm³/mol. The highest BCUT2D eigenvalue weighted by Crippen LogP contribution is 2.42. The van der Waals surface area contributed by atoms with Gasteiger partial charge in [0.05, 0.1) is 6.61 Å². The average Bonchev–Trinajstić information content (AvgIpc) is 3.07. The molecule has 0 amide bonds. The van der Waals surface area contributed by atoms with Crippen molar-refractivity contribution in [2.24, 2.45) is 0 Å². The monoisotopic (exact) mass is 423 g/mol. The number of benzene rings is 1. The lowest BCUT2D eigenvalue weighted by Gasteiger charge is -2.35. The summed E-state index contributed by atoms with van der Waals surface area (Å²) in [6.45, 7) is 0.0350. The second-order valence-corrected chi connectivity index (χ2v) is 6.37. The van der Waals surface area contributed by atoms with Crippen LogP contribution in [0.2, 0.25) is 0 Å². The molecule has 1 atom stereocenters. The Morgan fingerprint density at radius 1 is 1.32 bits per heavy atom. The average molecular weight is 423 g/mol. The predicted octanol–water partition coefficient (Wildman–Crippen LogP) is 0.890. The molecule has 2 aromatic rings. The third-order valence-electron chi connectivity index (χ3n) is 3.67. The van der Waals surface area contributed by atoms with Gasteiger partial charge in [0.25, 0.3) is 5.92 Å². The van der Waals surface area contributed by atoms with E-state index in [0.717, 1.165) is 13.3 Å². The minimum atomic E-state index is -4.40. The molecule has 0 spiro atoms. The number of rotatable bonds is 6. The van der Waals surface area contributed by atoms with Crippen LogP contribution in [0.15, 0.2) is 30.9 Å². The number of alkyl halides is 2. The maximum absolute atomic E-state index is 15.0. The lowest BCUT2D eigenvalue weighted by atomic mass is 9.84. The summed E-state index contributed by atoms with van der Waals surface area (Å²) in [6, 6.07) is 1.25. The largest absolute Gasteiger partial charge is 0.466 e. The number of hydrogen-bond acceptors (Lipinski definition) is 7. The summed E-state index contributed by atoms with van der Waals surface area (Å²) in [5.74, 6) is -8.07. The molecular weight excluding hydrogens is 410 g/mol. The highest BCUT2D eigenvalue weighted by atomic mass is 32.2. The van der Waals surface area contributed by atoms with Crippen LogP contribution < -0.4 is 0 Å². The molecule has 0 saturated carbocycles. The molecule has 2 rings (SSSR count). The maximum atomic E-state index is 15.0. The van der Waals surface area contributed by atoms with Crippen molar-refractivity contribution in [2.75, 3.05) is 6.61 Å². The van der Waals surface area contributed by atoms with E-state index in [1.165, 1.54) is 0 Å². The van der Waals surface area contributed by atoms with E-state index in [1.807, 2.05) is 0 Å². The minimum absolute atomic E-state index is 0.204. The van der Waals surface area contributed by atoms with Gasteiger partial charge in [-0.15, -0.1) is 0 Å². The summed E-state index contributed by atoms with van der Waals surface area (Å²) in [5.41, 5.74) is -5.05. The van der Waals surface area contributed by atoms with E-state index in [1.54, 1.807) is 0 Å². The zero-order chi connectivity index (χ0) is 21.1. The molecule has 0 aliphatic heterocycles. The Kier molecular flexibility index (Phi) is 6.19. The van der Waals surface area contributed by atoms with Crippen molar-refractivity contribution >= 4 is 21.3 Å². The van der Waals surface area contributed by atoms with E-state index in [9.17, 15) is 27.1 Å².